The molecule has 0 bridgehead atoms. The van der Waals surface area contributed by atoms with Gasteiger partial charge in [0.25, 0.3) is 0 Å². The van der Waals surface area contributed by atoms with Gasteiger partial charge in [0.05, 0.1) is 18.3 Å². The maximum atomic E-state index is 10.4. The van der Waals surface area contributed by atoms with Crippen molar-refractivity contribution in [1.29, 1.82) is 0 Å². The predicted octanol–water partition coefficient (Wildman–Crippen LogP) is 1.51. The molecule has 0 aromatic carbocycles. The van der Waals surface area contributed by atoms with Crippen molar-refractivity contribution in [3.8, 4) is 0 Å². The van der Waals surface area contributed by atoms with Crippen molar-refractivity contribution in [2.24, 2.45) is 5.10 Å². The molecule has 0 spiro atoms. The van der Waals surface area contributed by atoms with Gasteiger partial charge in [-0.1, -0.05) is 6.07 Å². The average molecular weight is 250 g/mol. The topological polar surface area (TPSA) is 80.9 Å². The number of rotatable bonds is 3. The summed E-state index contributed by atoms with van der Waals surface area (Å²) in [4.78, 5) is 20.0. The molecule has 0 atom stereocenters. The van der Waals surface area contributed by atoms with Crippen LogP contribution >= 0.6 is 0 Å². The number of nitrogens with zero attached hydrogens (tertiary/aromatic N) is 4. The lowest BCUT2D eigenvalue weighted by Crippen LogP contribution is -2.35. The Kier molecular flexibility index (Phi) is 3.83. The van der Waals surface area contributed by atoms with E-state index in [9.17, 15) is 10.1 Å². The number of hydrazone groups is 1. The van der Waals surface area contributed by atoms with Crippen LogP contribution in [0.25, 0.3) is 0 Å². The van der Waals surface area contributed by atoms with Gasteiger partial charge in [-0.3, -0.25) is 9.82 Å². The zero-order valence-corrected chi connectivity index (χ0v) is 10.1. The smallest absolute Gasteiger partial charge is 0.203 e. The lowest BCUT2D eigenvalue weighted by molar-refractivity contribution is -0.486. The Balaban J connectivity index is 2.10. The zero-order chi connectivity index (χ0) is 13.0. The quantitative estimate of drug-likeness (QED) is 0.600. The van der Waals surface area contributed by atoms with E-state index in [1.165, 1.54) is 5.06 Å². The maximum absolute atomic E-state index is 10.4. The highest BCUT2D eigenvalue weighted by Crippen LogP contribution is 2.14. The van der Waals surface area contributed by atoms with Crippen molar-refractivity contribution in [2.45, 2.75) is 26.3 Å². The highest BCUT2D eigenvalue weighted by molar-refractivity contribution is 5.81. The molecule has 1 saturated heterocycles. The lowest BCUT2D eigenvalue weighted by atomic mass is 10.2. The fourth-order valence-electron chi connectivity index (χ4n) is 1.69. The second kappa shape index (κ2) is 5.54. The van der Waals surface area contributed by atoms with Gasteiger partial charge in [-0.15, -0.1) is 0 Å². The van der Waals surface area contributed by atoms with Crippen molar-refractivity contribution >= 4 is 5.84 Å². The number of pyridine rings is 1. The van der Waals surface area contributed by atoms with Crippen molar-refractivity contribution in [1.82, 2.24) is 10.0 Å². The van der Waals surface area contributed by atoms with Crippen LogP contribution in [0, 0.1) is 17.0 Å². The van der Waals surface area contributed by atoms with E-state index in [-0.39, 0.29) is 0 Å². The summed E-state index contributed by atoms with van der Waals surface area (Å²) in [6.45, 7) is 2.87. The van der Waals surface area contributed by atoms with Gasteiger partial charge in [0.2, 0.25) is 5.84 Å². The van der Waals surface area contributed by atoms with E-state index >= 15 is 0 Å². The third-order valence-electron chi connectivity index (χ3n) is 2.58. The molecule has 7 nitrogen and oxygen atoms in total. The lowest BCUT2D eigenvalue weighted by Gasteiger charge is -2.27. The summed E-state index contributed by atoms with van der Waals surface area (Å²) < 4.78 is 0. The van der Waals surface area contributed by atoms with Crippen LogP contribution in [0.3, 0.4) is 0 Å². The summed E-state index contributed by atoms with van der Waals surface area (Å²) >= 11 is 0. The maximum Gasteiger partial charge on any atom is 0.203 e. The molecule has 18 heavy (non-hydrogen) atoms. The molecule has 1 aliphatic heterocycles. The molecule has 2 rings (SSSR count). The Labute approximate surface area is 104 Å². The number of aryl methyl sites for hydroxylation is 1. The van der Waals surface area contributed by atoms with Crippen LogP contribution in [0.15, 0.2) is 23.4 Å². The summed E-state index contributed by atoms with van der Waals surface area (Å²) in [6, 6.07) is 3.81. The number of hydrogen-bond acceptors (Lipinski definition) is 4. The fraction of sp³-hybridized carbons (Fsp3) is 0.455. The van der Waals surface area contributed by atoms with Gasteiger partial charge in [-0.25, -0.2) is 15.2 Å². The van der Waals surface area contributed by atoms with E-state index in [0.29, 0.717) is 25.4 Å². The Morgan fingerprint density at radius 1 is 1.61 bits per heavy atom. The molecule has 0 N–H and O–H groups in total. The van der Waals surface area contributed by atoms with E-state index < -0.39 is 5.03 Å². The third kappa shape index (κ3) is 3.24. The fourth-order valence-corrected chi connectivity index (χ4v) is 1.69. The van der Waals surface area contributed by atoms with E-state index in [2.05, 4.69) is 10.1 Å². The molecule has 2 heterocycles. The molecule has 0 unspecified atom stereocenters. The van der Waals surface area contributed by atoms with Crippen LogP contribution < -0.4 is 0 Å². The first-order valence-electron chi connectivity index (χ1n) is 5.69. The molecular weight excluding hydrogens is 236 g/mol. The Morgan fingerprint density at radius 2 is 2.44 bits per heavy atom. The van der Waals surface area contributed by atoms with Gasteiger partial charge in [-0.05, 0) is 25.0 Å². The number of hydroxylamine groups is 2. The molecule has 0 aliphatic carbocycles. The minimum atomic E-state index is -0.690. The number of hydrogen-bond donors (Lipinski definition) is 0. The van der Waals surface area contributed by atoms with Gasteiger partial charge in [0.1, 0.15) is 0 Å². The minimum absolute atomic E-state index is 0.354. The van der Waals surface area contributed by atoms with Crippen molar-refractivity contribution in [2.75, 3.05) is 6.61 Å². The molecule has 1 aromatic heterocycles. The van der Waals surface area contributed by atoms with Gasteiger partial charge < -0.3 is 0 Å². The monoisotopic (exact) mass is 250 g/mol. The second-order valence-corrected chi connectivity index (χ2v) is 4.04. The first-order valence-corrected chi connectivity index (χ1v) is 5.69. The molecule has 7 heteroatoms. The van der Waals surface area contributed by atoms with Crippen molar-refractivity contribution in [3.05, 3.63) is 39.7 Å². The SMILES string of the molecule is Cc1ccc(CN2OCCCC2=N[N+](=O)[O-])cn1. The average Bonchev–Trinajstić information content (AvgIpc) is 2.34. The Hall–Kier alpha value is -2.02. The number of aromatic nitrogens is 1. The molecule has 0 saturated carbocycles. The Morgan fingerprint density at radius 3 is 3.11 bits per heavy atom. The first kappa shape index (κ1) is 12.4. The van der Waals surface area contributed by atoms with Crippen molar-refractivity contribution in [3.63, 3.8) is 0 Å². The van der Waals surface area contributed by atoms with Crippen LogP contribution in [0.1, 0.15) is 24.1 Å². The van der Waals surface area contributed by atoms with Gasteiger partial charge in [0, 0.05) is 18.3 Å². The predicted molar refractivity (Wildman–Crippen MR) is 64.1 cm³/mol. The van der Waals surface area contributed by atoms with E-state index in [0.717, 1.165) is 17.7 Å². The largest absolute Gasteiger partial charge is 0.272 e. The van der Waals surface area contributed by atoms with E-state index in [1.54, 1.807) is 6.20 Å². The summed E-state index contributed by atoms with van der Waals surface area (Å²) in [5.74, 6) is 0.354. The van der Waals surface area contributed by atoms with Crippen LogP contribution in [0.4, 0.5) is 0 Å². The minimum Gasteiger partial charge on any atom is -0.272 e. The molecule has 1 aromatic rings. The van der Waals surface area contributed by atoms with Gasteiger partial charge in [-0.2, -0.15) is 0 Å². The summed E-state index contributed by atoms with van der Waals surface area (Å²) in [7, 11) is 0. The van der Waals surface area contributed by atoms with Crippen molar-refractivity contribution < 1.29 is 9.87 Å². The first-order chi connectivity index (χ1) is 8.65. The Bertz CT molecular complexity index is 458. The van der Waals surface area contributed by atoms with Gasteiger partial charge >= 0.3 is 0 Å². The van der Waals surface area contributed by atoms with E-state index in [1.807, 2.05) is 19.1 Å². The van der Waals surface area contributed by atoms with Gasteiger partial charge in [0.15, 0.2) is 5.03 Å². The molecule has 0 amide bonds. The van der Waals surface area contributed by atoms with Crippen LogP contribution in [0.5, 0.6) is 0 Å². The van der Waals surface area contributed by atoms with E-state index in [4.69, 9.17) is 4.84 Å². The van der Waals surface area contributed by atoms with Crippen LogP contribution in [-0.2, 0) is 11.4 Å². The molecule has 1 aliphatic rings. The summed E-state index contributed by atoms with van der Waals surface area (Å²) in [5, 5.41) is 14.6. The number of amidine groups is 1. The highest BCUT2D eigenvalue weighted by Gasteiger charge is 2.21. The highest BCUT2D eigenvalue weighted by atomic mass is 16.7. The van der Waals surface area contributed by atoms with Crippen LogP contribution in [-0.4, -0.2) is 27.5 Å². The molecule has 0 radical (unpaired) electrons. The third-order valence-corrected chi connectivity index (χ3v) is 2.58. The molecular formula is C11H14N4O3. The standard InChI is InChI=1S/C11H14N4O3/c1-9-4-5-10(7-12-9)8-14-11(13-15(16)17)3-2-6-18-14/h4-5,7H,2-3,6,8H2,1H3. The van der Waals surface area contributed by atoms with Crippen LogP contribution in [0.2, 0.25) is 0 Å². The summed E-state index contributed by atoms with van der Waals surface area (Å²) in [6.07, 6.45) is 3.03. The molecule has 1 fully saturated rings. The normalized spacial score (nSPS) is 18.1. The second-order valence-electron chi connectivity index (χ2n) is 4.04. The molecule has 96 valence electrons. The summed E-state index contributed by atoms with van der Waals surface area (Å²) in [5.41, 5.74) is 1.86. The number of nitro groups is 1. The zero-order valence-electron chi connectivity index (χ0n) is 10.1.